The number of hydrogen-bond donors (Lipinski definition) is 1. The van der Waals surface area contributed by atoms with Crippen LogP contribution in [0.3, 0.4) is 0 Å². The van der Waals surface area contributed by atoms with E-state index in [-0.39, 0.29) is 6.10 Å². The standard InChI is InChI=1S/C15H28N2O2/c18-15(11-16-5-7-19-8-6-16)12-17-9-13-3-1-2-4-14(13)10-17/h13-15,18H,1-12H2. The lowest BCUT2D eigenvalue weighted by molar-refractivity contribution is 0.00820. The van der Waals surface area contributed by atoms with Gasteiger partial charge in [0.2, 0.25) is 0 Å². The average Bonchev–Trinajstić information content (AvgIpc) is 2.81. The molecule has 0 aromatic rings. The van der Waals surface area contributed by atoms with E-state index in [0.29, 0.717) is 0 Å². The molecule has 0 aromatic heterocycles. The first kappa shape index (κ1) is 13.8. The molecule has 2 saturated heterocycles. The zero-order valence-corrected chi connectivity index (χ0v) is 12.0. The van der Waals surface area contributed by atoms with E-state index in [4.69, 9.17) is 4.74 Å². The van der Waals surface area contributed by atoms with Gasteiger partial charge in [-0.3, -0.25) is 4.90 Å². The molecule has 110 valence electrons. The molecule has 19 heavy (non-hydrogen) atoms. The molecule has 2 aliphatic heterocycles. The monoisotopic (exact) mass is 268 g/mol. The van der Waals surface area contributed by atoms with Crippen molar-refractivity contribution in [1.82, 2.24) is 9.80 Å². The van der Waals surface area contributed by atoms with Crippen LogP contribution in [0.5, 0.6) is 0 Å². The Kier molecular flexibility index (Phi) is 4.74. The van der Waals surface area contributed by atoms with E-state index in [9.17, 15) is 5.11 Å². The van der Waals surface area contributed by atoms with Crippen molar-refractivity contribution in [3.05, 3.63) is 0 Å². The van der Waals surface area contributed by atoms with E-state index in [2.05, 4.69) is 9.80 Å². The van der Waals surface area contributed by atoms with Gasteiger partial charge < -0.3 is 14.7 Å². The highest BCUT2D eigenvalue weighted by Crippen LogP contribution is 2.35. The summed E-state index contributed by atoms with van der Waals surface area (Å²) < 4.78 is 5.35. The van der Waals surface area contributed by atoms with Crippen molar-refractivity contribution in [2.75, 3.05) is 52.5 Å². The number of ether oxygens (including phenoxy) is 1. The lowest BCUT2D eigenvalue weighted by Gasteiger charge is -2.30. The molecule has 0 aromatic carbocycles. The molecule has 0 bridgehead atoms. The summed E-state index contributed by atoms with van der Waals surface area (Å²) in [7, 11) is 0. The van der Waals surface area contributed by atoms with E-state index in [1.54, 1.807) is 0 Å². The molecule has 1 saturated carbocycles. The maximum atomic E-state index is 10.3. The van der Waals surface area contributed by atoms with Gasteiger partial charge in [0.05, 0.1) is 19.3 Å². The van der Waals surface area contributed by atoms with Crippen LogP contribution in [0.2, 0.25) is 0 Å². The number of aliphatic hydroxyl groups is 1. The van der Waals surface area contributed by atoms with Crippen molar-refractivity contribution < 1.29 is 9.84 Å². The maximum Gasteiger partial charge on any atom is 0.0793 e. The molecule has 2 heterocycles. The highest BCUT2D eigenvalue weighted by Gasteiger charge is 2.34. The zero-order chi connectivity index (χ0) is 13.1. The first-order valence-corrected chi connectivity index (χ1v) is 8.02. The maximum absolute atomic E-state index is 10.3. The Morgan fingerprint density at radius 3 is 2.16 bits per heavy atom. The van der Waals surface area contributed by atoms with Crippen LogP contribution in [0.25, 0.3) is 0 Å². The third-order valence-electron chi connectivity index (χ3n) is 5.09. The van der Waals surface area contributed by atoms with Gasteiger partial charge in [0.15, 0.2) is 0 Å². The highest BCUT2D eigenvalue weighted by atomic mass is 16.5. The molecule has 3 atom stereocenters. The van der Waals surface area contributed by atoms with Gasteiger partial charge >= 0.3 is 0 Å². The van der Waals surface area contributed by atoms with Crippen molar-refractivity contribution in [1.29, 1.82) is 0 Å². The van der Waals surface area contributed by atoms with Gasteiger partial charge in [0.25, 0.3) is 0 Å². The first-order chi connectivity index (χ1) is 9.31. The second kappa shape index (κ2) is 6.53. The second-order valence-electron chi connectivity index (χ2n) is 6.59. The topological polar surface area (TPSA) is 35.9 Å². The summed E-state index contributed by atoms with van der Waals surface area (Å²) in [6.45, 7) is 7.72. The van der Waals surface area contributed by atoms with Crippen molar-refractivity contribution >= 4 is 0 Å². The van der Waals surface area contributed by atoms with Gasteiger partial charge in [0.1, 0.15) is 0 Å². The van der Waals surface area contributed by atoms with E-state index >= 15 is 0 Å². The lowest BCUT2D eigenvalue weighted by Crippen LogP contribution is -2.44. The summed E-state index contributed by atoms with van der Waals surface area (Å²) in [4.78, 5) is 4.84. The summed E-state index contributed by atoms with van der Waals surface area (Å²) in [5, 5.41) is 10.3. The number of morpholine rings is 1. The van der Waals surface area contributed by atoms with Gasteiger partial charge in [-0.1, -0.05) is 12.8 Å². The molecule has 1 aliphatic carbocycles. The Labute approximate surface area is 116 Å². The van der Waals surface area contributed by atoms with Crippen LogP contribution in [0.1, 0.15) is 25.7 Å². The minimum atomic E-state index is -0.196. The second-order valence-corrected chi connectivity index (χ2v) is 6.59. The highest BCUT2D eigenvalue weighted by molar-refractivity contribution is 4.87. The Hall–Kier alpha value is -0.160. The summed E-state index contributed by atoms with van der Waals surface area (Å²) >= 11 is 0. The van der Waals surface area contributed by atoms with Gasteiger partial charge in [-0.15, -0.1) is 0 Å². The van der Waals surface area contributed by atoms with E-state index in [1.807, 2.05) is 0 Å². The predicted octanol–water partition coefficient (Wildman–Crippen LogP) is 0.802. The predicted molar refractivity (Wildman–Crippen MR) is 75.2 cm³/mol. The van der Waals surface area contributed by atoms with Crippen LogP contribution in [0.15, 0.2) is 0 Å². The molecular formula is C15H28N2O2. The Morgan fingerprint density at radius 2 is 1.53 bits per heavy atom. The van der Waals surface area contributed by atoms with Crippen LogP contribution in [0.4, 0.5) is 0 Å². The fourth-order valence-corrected chi connectivity index (χ4v) is 4.09. The number of likely N-dealkylation sites (tertiary alicyclic amines) is 1. The number of fused-ring (bicyclic) bond motifs is 1. The molecule has 1 N–H and O–H groups in total. The summed E-state index contributed by atoms with van der Waals surface area (Å²) in [5.41, 5.74) is 0. The third kappa shape index (κ3) is 3.69. The first-order valence-electron chi connectivity index (χ1n) is 8.02. The third-order valence-corrected chi connectivity index (χ3v) is 5.09. The molecule has 3 rings (SSSR count). The van der Waals surface area contributed by atoms with Gasteiger partial charge in [-0.05, 0) is 24.7 Å². The van der Waals surface area contributed by atoms with Gasteiger partial charge in [-0.2, -0.15) is 0 Å². The molecule has 4 heteroatoms. The SMILES string of the molecule is OC(CN1CCOCC1)CN1CC2CCCCC2C1. The van der Waals surface area contributed by atoms with E-state index in [1.165, 1.54) is 38.8 Å². The number of β-amino-alcohol motifs (C(OH)–C–C–N with tert-alkyl or cyclic N) is 1. The number of hydrogen-bond acceptors (Lipinski definition) is 4. The number of aliphatic hydroxyl groups excluding tert-OH is 1. The van der Waals surface area contributed by atoms with Crippen molar-refractivity contribution in [3.63, 3.8) is 0 Å². The fraction of sp³-hybridized carbons (Fsp3) is 1.00. The number of rotatable bonds is 4. The van der Waals surface area contributed by atoms with Crippen molar-refractivity contribution in [3.8, 4) is 0 Å². The molecule has 0 spiro atoms. The molecule has 3 fully saturated rings. The molecule has 4 nitrogen and oxygen atoms in total. The molecule has 0 amide bonds. The quantitative estimate of drug-likeness (QED) is 0.818. The molecule has 0 radical (unpaired) electrons. The Bertz CT molecular complexity index is 267. The van der Waals surface area contributed by atoms with Crippen LogP contribution in [0, 0.1) is 11.8 Å². The van der Waals surface area contributed by atoms with Crippen LogP contribution < -0.4 is 0 Å². The zero-order valence-electron chi connectivity index (χ0n) is 12.0. The molecular weight excluding hydrogens is 240 g/mol. The summed E-state index contributed by atoms with van der Waals surface area (Å²) in [6, 6.07) is 0. The van der Waals surface area contributed by atoms with Crippen LogP contribution >= 0.6 is 0 Å². The molecule has 3 aliphatic rings. The minimum absolute atomic E-state index is 0.196. The molecule has 3 unspecified atom stereocenters. The minimum Gasteiger partial charge on any atom is -0.390 e. The van der Waals surface area contributed by atoms with Crippen molar-refractivity contribution in [2.24, 2.45) is 11.8 Å². The van der Waals surface area contributed by atoms with E-state index < -0.39 is 0 Å². The fourth-order valence-electron chi connectivity index (χ4n) is 4.09. The number of nitrogens with zero attached hydrogens (tertiary/aromatic N) is 2. The van der Waals surface area contributed by atoms with Gasteiger partial charge in [-0.25, -0.2) is 0 Å². The van der Waals surface area contributed by atoms with Crippen molar-refractivity contribution in [2.45, 2.75) is 31.8 Å². The van der Waals surface area contributed by atoms with E-state index in [0.717, 1.165) is 51.2 Å². The summed E-state index contributed by atoms with van der Waals surface area (Å²) in [6.07, 6.45) is 5.48. The van der Waals surface area contributed by atoms with Gasteiger partial charge in [0, 0.05) is 39.3 Å². The van der Waals surface area contributed by atoms with Crippen LogP contribution in [-0.2, 0) is 4.74 Å². The summed E-state index contributed by atoms with van der Waals surface area (Å²) in [5.74, 6) is 1.84. The Balaban J connectivity index is 1.41. The average molecular weight is 268 g/mol. The Morgan fingerprint density at radius 1 is 0.947 bits per heavy atom. The normalized spacial score (nSPS) is 35.2. The largest absolute Gasteiger partial charge is 0.390 e. The lowest BCUT2D eigenvalue weighted by atomic mass is 9.82. The smallest absolute Gasteiger partial charge is 0.0793 e. The van der Waals surface area contributed by atoms with Crippen LogP contribution in [-0.4, -0.2) is 73.5 Å².